The number of nitrogens with zero attached hydrogens (tertiary/aromatic N) is 2. The molecule has 29 heavy (non-hydrogen) atoms. The molecule has 0 saturated heterocycles. The van der Waals surface area contributed by atoms with Crippen molar-refractivity contribution in [1.29, 1.82) is 0 Å². The number of ether oxygens (including phenoxy) is 2. The zero-order valence-corrected chi connectivity index (χ0v) is 16.7. The quantitative estimate of drug-likeness (QED) is 0.684. The number of carbonyl (C=O) groups excluding carboxylic acids is 1. The molecule has 2 N–H and O–H groups in total. The van der Waals surface area contributed by atoms with Gasteiger partial charge in [-0.25, -0.2) is 9.18 Å². The molecule has 0 bridgehead atoms. The van der Waals surface area contributed by atoms with Gasteiger partial charge in [-0.15, -0.1) is 0 Å². The summed E-state index contributed by atoms with van der Waals surface area (Å²) in [4.78, 5) is 15.9. The molecule has 0 aliphatic heterocycles. The highest BCUT2D eigenvalue weighted by Crippen LogP contribution is 2.26. The molecule has 1 fully saturated rings. The minimum Gasteiger partial charge on any atom is -0.489 e. The number of alkyl carbamates (subject to hydrolysis) is 1. The topological polar surface area (TPSA) is 98.5 Å². The maximum absolute atomic E-state index is 13.1. The van der Waals surface area contributed by atoms with Crippen molar-refractivity contribution in [3.05, 3.63) is 36.2 Å². The lowest BCUT2D eigenvalue weighted by Gasteiger charge is -2.20. The first-order chi connectivity index (χ1) is 13.8. The predicted molar refractivity (Wildman–Crippen MR) is 105 cm³/mol. The van der Waals surface area contributed by atoms with Gasteiger partial charge in [-0.2, -0.15) is 4.98 Å². The molecule has 1 saturated carbocycles. The standard InChI is InChI=1S/C20H25FN4O4/c1-20(2,3)28-19(26)22-11-13(10-21)12-27-16-8-4-14(5-9-16)17-24-18(25-29-17)23-15-6-7-15/h4-5,8-10,15H,6-7,11-12H2,1-3H3,(H,22,26)(H,23,25)/b13-10+. The Bertz CT molecular complexity index is 854. The van der Waals surface area contributed by atoms with Crippen LogP contribution < -0.4 is 15.4 Å². The van der Waals surface area contributed by atoms with Crippen LogP contribution in [0.25, 0.3) is 11.5 Å². The lowest BCUT2D eigenvalue weighted by atomic mass is 10.2. The largest absolute Gasteiger partial charge is 0.489 e. The summed E-state index contributed by atoms with van der Waals surface area (Å²) >= 11 is 0. The second-order valence-electron chi connectivity index (χ2n) is 7.78. The van der Waals surface area contributed by atoms with Crippen molar-refractivity contribution in [3.63, 3.8) is 0 Å². The van der Waals surface area contributed by atoms with E-state index < -0.39 is 11.7 Å². The molecule has 8 nitrogen and oxygen atoms in total. The van der Waals surface area contributed by atoms with Crippen LogP contribution in [-0.2, 0) is 4.74 Å². The average molecular weight is 404 g/mol. The van der Waals surface area contributed by atoms with Gasteiger partial charge < -0.3 is 24.6 Å². The first-order valence-corrected chi connectivity index (χ1v) is 9.41. The number of amides is 1. The lowest BCUT2D eigenvalue weighted by Crippen LogP contribution is -2.34. The van der Waals surface area contributed by atoms with Crippen molar-refractivity contribution in [1.82, 2.24) is 15.5 Å². The number of carbonyl (C=O) groups is 1. The molecule has 0 radical (unpaired) electrons. The number of hydrogen-bond donors (Lipinski definition) is 2. The summed E-state index contributed by atoms with van der Waals surface area (Å²) < 4.78 is 29.0. The van der Waals surface area contributed by atoms with Crippen LogP contribution in [-0.4, -0.2) is 41.0 Å². The Morgan fingerprint density at radius 2 is 2.03 bits per heavy atom. The summed E-state index contributed by atoms with van der Waals surface area (Å²) in [5.41, 5.74) is 0.406. The summed E-state index contributed by atoms with van der Waals surface area (Å²) in [6.45, 7) is 5.24. The minimum absolute atomic E-state index is 0.0117. The first kappa shape index (κ1) is 20.6. The molecule has 1 aromatic heterocycles. The van der Waals surface area contributed by atoms with Crippen LogP contribution >= 0.6 is 0 Å². The minimum atomic E-state index is -0.616. The Kier molecular flexibility index (Phi) is 6.36. The van der Waals surface area contributed by atoms with Crippen molar-refractivity contribution in [2.45, 2.75) is 45.3 Å². The van der Waals surface area contributed by atoms with Crippen LogP contribution in [0.4, 0.5) is 15.1 Å². The van der Waals surface area contributed by atoms with E-state index >= 15 is 0 Å². The number of aromatic nitrogens is 2. The summed E-state index contributed by atoms with van der Waals surface area (Å²) in [6, 6.07) is 7.46. The number of hydrogen-bond acceptors (Lipinski definition) is 7. The number of benzene rings is 1. The summed E-state index contributed by atoms with van der Waals surface area (Å²) in [7, 11) is 0. The normalized spacial score (nSPS) is 14.4. The van der Waals surface area contributed by atoms with Crippen molar-refractivity contribution < 1.29 is 23.2 Å². The van der Waals surface area contributed by atoms with Crippen molar-refractivity contribution in [2.75, 3.05) is 18.5 Å². The van der Waals surface area contributed by atoms with Gasteiger partial charge in [0.15, 0.2) is 0 Å². The second kappa shape index (κ2) is 8.93. The number of rotatable bonds is 8. The fourth-order valence-electron chi connectivity index (χ4n) is 2.30. The fourth-order valence-corrected chi connectivity index (χ4v) is 2.30. The lowest BCUT2D eigenvalue weighted by molar-refractivity contribution is 0.0531. The van der Waals surface area contributed by atoms with Crippen LogP contribution in [0, 0.1) is 0 Å². The van der Waals surface area contributed by atoms with E-state index in [4.69, 9.17) is 14.0 Å². The van der Waals surface area contributed by atoms with Gasteiger partial charge in [-0.05, 0) is 63.0 Å². The molecular formula is C20H25FN4O4. The van der Waals surface area contributed by atoms with E-state index in [1.807, 2.05) is 0 Å². The van der Waals surface area contributed by atoms with E-state index in [-0.39, 0.29) is 18.7 Å². The maximum atomic E-state index is 13.1. The molecule has 2 aromatic rings. The predicted octanol–water partition coefficient (Wildman–Crippen LogP) is 4.07. The molecule has 1 aromatic carbocycles. The molecule has 9 heteroatoms. The van der Waals surface area contributed by atoms with E-state index in [1.54, 1.807) is 45.0 Å². The Labute approximate surface area is 168 Å². The van der Waals surface area contributed by atoms with E-state index in [0.29, 0.717) is 30.0 Å². The molecule has 1 heterocycles. The summed E-state index contributed by atoms with van der Waals surface area (Å²) in [6.07, 6.45) is 2.05. The van der Waals surface area contributed by atoms with Gasteiger partial charge in [0, 0.05) is 23.7 Å². The molecule has 0 atom stereocenters. The Hall–Kier alpha value is -3.10. The summed E-state index contributed by atoms with van der Waals surface area (Å²) in [5, 5.41) is 9.56. The van der Waals surface area contributed by atoms with Gasteiger partial charge in [0.1, 0.15) is 18.0 Å². The van der Waals surface area contributed by atoms with Gasteiger partial charge in [0.05, 0.1) is 6.33 Å². The van der Waals surface area contributed by atoms with Crippen LogP contribution in [0.1, 0.15) is 33.6 Å². The molecule has 1 amide bonds. The van der Waals surface area contributed by atoms with Crippen LogP contribution in [0.5, 0.6) is 5.75 Å². The van der Waals surface area contributed by atoms with Crippen molar-refractivity contribution in [3.8, 4) is 17.2 Å². The number of anilines is 1. The zero-order chi connectivity index (χ0) is 20.9. The highest BCUT2D eigenvalue weighted by molar-refractivity contribution is 5.68. The van der Waals surface area contributed by atoms with Crippen LogP contribution in [0.3, 0.4) is 0 Å². The van der Waals surface area contributed by atoms with E-state index in [1.165, 1.54) is 0 Å². The van der Waals surface area contributed by atoms with Crippen molar-refractivity contribution >= 4 is 12.0 Å². The van der Waals surface area contributed by atoms with Crippen LogP contribution in [0.2, 0.25) is 0 Å². The maximum Gasteiger partial charge on any atom is 0.407 e. The van der Waals surface area contributed by atoms with Gasteiger partial charge in [0.2, 0.25) is 0 Å². The SMILES string of the molecule is CC(C)(C)OC(=O)NC/C(=C\F)COc1ccc(-c2nc(NC3CC3)no2)cc1. The third-order valence-electron chi connectivity index (χ3n) is 3.88. The first-order valence-electron chi connectivity index (χ1n) is 9.41. The van der Waals surface area contributed by atoms with E-state index in [2.05, 4.69) is 20.8 Å². The third kappa shape index (κ3) is 6.78. The Morgan fingerprint density at radius 1 is 1.31 bits per heavy atom. The molecule has 0 spiro atoms. The average Bonchev–Trinajstić information content (AvgIpc) is 3.36. The molecule has 3 rings (SSSR count). The number of halogens is 1. The number of nitrogens with one attached hydrogen (secondary N) is 2. The van der Waals surface area contributed by atoms with Crippen LogP contribution in [0.15, 0.2) is 40.7 Å². The highest BCUT2D eigenvalue weighted by Gasteiger charge is 2.23. The second-order valence-corrected chi connectivity index (χ2v) is 7.78. The zero-order valence-electron chi connectivity index (χ0n) is 16.7. The molecule has 156 valence electrons. The van der Waals surface area contributed by atoms with Gasteiger partial charge in [0.25, 0.3) is 11.8 Å². The molecule has 1 aliphatic rings. The third-order valence-corrected chi connectivity index (χ3v) is 3.88. The Morgan fingerprint density at radius 3 is 2.66 bits per heavy atom. The Balaban J connectivity index is 1.47. The fraction of sp³-hybridized carbons (Fsp3) is 0.450. The smallest absolute Gasteiger partial charge is 0.407 e. The van der Waals surface area contributed by atoms with Gasteiger partial charge in [-0.1, -0.05) is 0 Å². The summed E-state index contributed by atoms with van der Waals surface area (Å²) in [5.74, 6) is 1.44. The monoisotopic (exact) mass is 404 g/mol. The molecular weight excluding hydrogens is 379 g/mol. The van der Waals surface area contributed by atoms with E-state index in [0.717, 1.165) is 18.4 Å². The van der Waals surface area contributed by atoms with E-state index in [9.17, 15) is 9.18 Å². The highest BCUT2D eigenvalue weighted by atomic mass is 19.1. The van der Waals surface area contributed by atoms with Gasteiger partial charge >= 0.3 is 6.09 Å². The molecule has 0 unspecified atom stereocenters. The van der Waals surface area contributed by atoms with Gasteiger partial charge in [-0.3, -0.25) is 0 Å². The van der Waals surface area contributed by atoms with Crippen molar-refractivity contribution in [2.24, 2.45) is 0 Å². The molecule has 1 aliphatic carbocycles.